The summed E-state index contributed by atoms with van der Waals surface area (Å²) >= 11 is 0. The number of Topliss-reactive ketones (excluding diaryl/α,β-unsaturated/α-hetero) is 4. The number of hydrogen-bond donors (Lipinski definition) is 3. The second-order valence-corrected chi connectivity index (χ2v) is 12.2. The Morgan fingerprint density at radius 3 is 2.24 bits per heavy atom. The second-order valence-electron chi connectivity index (χ2n) is 12.2. The Morgan fingerprint density at radius 2 is 1.66 bits per heavy atom. The number of phenols is 1. The van der Waals surface area contributed by atoms with Gasteiger partial charge in [0.1, 0.15) is 11.9 Å². The second kappa shape index (κ2) is 10.4. The van der Waals surface area contributed by atoms with Crippen LogP contribution in [-0.2, 0) is 28.7 Å². The van der Waals surface area contributed by atoms with Crippen LogP contribution in [0.3, 0.4) is 0 Å². The summed E-state index contributed by atoms with van der Waals surface area (Å²) in [4.78, 5) is 82.9. The van der Waals surface area contributed by atoms with Gasteiger partial charge in [-0.05, 0) is 44.5 Å². The summed E-state index contributed by atoms with van der Waals surface area (Å²) in [6, 6.07) is 3.08. The van der Waals surface area contributed by atoms with Crippen LogP contribution in [-0.4, -0.2) is 82.0 Å². The number of likely N-dealkylation sites (N-methyl/N-ethyl adjacent to an activating group) is 1. The van der Waals surface area contributed by atoms with Crippen LogP contribution in [0.15, 0.2) is 18.2 Å². The minimum absolute atomic E-state index is 0.111. The number of nitrogens with two attached hydrogens (primary N) is 1. The Bertz CT molecular complexity index is 1330. The molecule has 11 heteroatoms. The van der Waals surface area contributed by atoms with Gasteiger partial charge >= 0.3 is 5.97 Å². The number of fused-ring (bicyclic) bond motifs is 3. The van der Waals surface area contributed by atoms with E-state index in [4.69, 9.17) is 10.5 Å². The van der Waals surface area contributed by atoms with Crippen molar-refractivity contribution in [2.45, 2.75) is 69.1 Å². The molecule has 1 aromatic carbocycles. The maximum absolute atomic E-state index is 14.2. The third-order valence-electron chi connectivity index (χ3n) is 9.77. The largest absolute Gasteiger partial charge is 0.507 e. The summed E-state index contributed by atoms with van der Waals surface area (Å²) in [5.41, 5.74) is 2.72. The van der Waals surface area contributed by atoms with Crippen LogP contribution in [0, 0.1) is 29.6 Å². The highest BCUT2D eigenvalue weighted by Gasteiger charge is 2.74. The molecule has 0 spiro atoms. The van der Waals surface area contributed by atoms with E-state index in [1.807, 2.05) is 0 Å². The first-order chi connectivity index (χ1) is 19.3. The van der Waals surface area contributed by atoms with E-state index in [1.165, 1.54) is 25.1 Å². The van der Waals surface area contributed by atoms with E-state index in [-0.39, 0.29) is 11.3 Å². The number of aliphatic hydroxyl groups is 1. The molecule has 0 aliphatic heterocycles. The molecule has 1 aromatic rings. The molecule has 0 aromatic heterocycles. The molecule has 3 unspecified atom stereocenters. The average Bonchev–Trinajstić information content (AvgIpc) is 3.20. The number of carbonyl (C=O) groups is 6. The fourth-order valence-corrected chi connectivity index (χ4v) is 7.81. The Balaban J connectivity index is 1.72. The molecule has 0 saturated heterocycles. The van der Waals surface area contributed by atoms with Gasteiger partial charge in [-0.2, -0.15) is 0 Å². The normalized spacial score (nSPS) is 35.8. The predicted molar refractivity (Wildman–Crippen MR) is 143 cm³/mol. The SMILES string of the molecule is C[C@H]1c2cccc(O)c2C(=O)C2C(=O)[C@]3(O)C(=O)C(C(N)=O)C(=O)C(N(C)C)[C@@H]3[C@@H](OC(=O)C3CCCCCC3)[C@@H]21. The molecule has 4 aliphatic rings. The van der Waals surface area contributed by atoms with Crippen LogP contribution in [0.5, 0.6) is 5.75 Å². The number of carbonyl (C=O) groups excluding carboxylic acids is 6. The zero-order valence-corrected chi connectivity index (χ0v) is 23.4. The van der Waals surface area contributed by atoms with Crippen LogP contribution in [0.25, 0.3) is 0 Å². The smallest absolute Gasteiger partial charge is 0.309 e. The van der Waals surface area contributed by atoms with Crippen LogP contribution < -0.4 is 5.73 Å². The molecule has 220 valence electrons. The molecule has 41 heavy (non-hydrogen) atoms. The quantitative estimate of drug-likeness (QED) is 0.268. The first-order valence-electron chi connectivity index (χ1n) is 14.2. The minimum atomic E-state index is -3.02. The number of esters is 1. The van der Waals surface area contributed by atoms with Gasteiger partial charge in [0.15, 0.2) is 34.7 Å². The lowest BCUT2D eigenvalue weighted by atomic mass is 9.49. The van der Waals surface area contributed by atoms with Gasteiger partial charge in [-0.25, -0.2) is 0 Å². The van der Waals surface area contributed by atoms with Gasteiger partial charge in [0.2, 0.25) is 5.91 Å². The summed E-state index contributed by atoms with van der Waals surface area (Å²) in [6.07, 6.45) is 3.33. The molecule has 3 fully saturated rings. The summed E-state index contributed by atoms with van der Waals surface area (Å²) in [7, 11) is 2.97. The topological polar surface area (TPSA) is 181 Å². The number of ether oxygens (including phenoxy) is 1. The first-order valence-corrected chi connectivity index (χ1v) is 14.2. The number of benzene rings is 1. The van der Waals surface area contributed by atoms with Crippen molar-refractivity contribution in [3.8, 4) is 5.75 Å². The van der Waals surface area contributed by atoms with Crippen molar-refractivity contribution in [3.63, 3.8) is 0 Å². The number of hydrogen-bond acceptors (Lipinski definition) is 10. The van der Waals surface area contributed by atoms with E-state index in [2.05, 4.69) is 0 Å². The van der Waals surface area contributed by atoms with Crippen molar-refractivity contribution in [3.05, 3.63) is 29.3 Å². The number of phenolic OH excluding ortho intramolecular Hbond substituents is 1. The van der Waals surface area contributed by atoms with Crippen molar-refractivity contribution in [2.75, 3.05) is 14.1 Å². The minimum Gasteiger partial charge on any atom is -0.507 e. The maximum Gasteiger partial charge on any atom is 0.309 e. The number of ketones is 4. The van der Waals surface area contributed by atoms with Crippen molar-refractivity contribution >= 4 is 35.0 Å². The summed E-state index contributed by atoms with van der Waals surface area (Å²) in [5, 5.41) is 22.7. The van der Waals surface area contributed by atoms with E-state index in [9.17, 15) is 39.0 Å². The van der Waals surface area contributed by atoms with Crippen LogP contribution in [0.1, 0.15) is 67.3 Å². The zero-order chi connectivity index (χ0) is 30.0. The van der Waals surface area contributed by atoms with Crippen LogP contribution in [0.4, 0.5) is 0 Å². The molecule has 0 heterocycles. The highest BCUT2D eigenvalue weighted by molar-refractivity contribution is 6.32. The zero-order valence-electron chi connectivity index (χ0n) is 23.4. The lowest BCUT2D eigenvalue weighted by Crippen LogP contribution is -2.78. The number of aromatic hydroxyl groups is 1. The molecule has 3 saturated carbocycles. The van der Waals surface area contributed by atoms with Gasteiger partial charge in [-0.3, -0.25) is 33.7 Å². The van der Waals surface area contributed by atoms with Crippen LogP contribution >= 0.6 is 0 Å². The molecule has 1 amide bonds. The molecule has 8 atom stereocenters. The molecule has 11 nitrogen and oxygen atoms in total. The lowest BCUT2D eigenvalue weighted by Gasteiger charge is -2.56. The number of amides is 1. The van der Waals surface area contributed by atoms with Gasteiger partial charge in [-0.1, -0.05) is 44.7 Å². The third kappa shape index (κ3) is 4.23. The Morgan fingerprint density at radius 1 is 1.02 bits per heavy atom. The van der Waals surface area contributed by atoms with Gasteiger partial charge in [-0.15, -0.1) is 0 Å². The molecule has 5 rings (SSSR count). The fourth-order valence-electron chi connectivity index (χ4n) is 7.81. The summed E-state index contributed by atoms with van der Waals surface area (Å²) < 4.78 is 6.16. The van der Waals surface area contributed by atoms with E-state index in [1.54, 1.807) is 19.1 Å². The van der Waals surface area contributed by atoms with E-state index >= 15 is 0 Å². The van der Waals surface area contributed by atoms with Crippen molar-refractivity contribution < 1.29 is 43.7 Å². The monoisotopic (exact) mass is 568 g/mol. The van der Waals surface area contributed by atoms with Gasteiger partial charge in [0, 0.05) is 5.92 Å². The number of nitrogens with zero attached hydrogens (tertiary/aromatic N) is 1. The maximum atomic E-state index is 14.2. The predicted octanol–water partition coefficient (Wildman–Crippen LogP) is 0.920. The van der Waals surface area contributed by atoms with E-state index in [0.29, 0.717) is 18.4 Å². The molecule has 4 aliphatic carbocycles. The van der Waals surface area contributed by atoms with E-state index < -0.39 is 88.3 Å². The molecule has 4 N–H and O–H groups in total. The van der Waals surface area contributed by atoms with Crippen molar-refractivity contribution in [1.29, 1.82) is 0 Å². The first kappa shape index (κ1) is 29.1. The third-order valence-corrected chi connectivity index (χ3v) is 9.77. The fraction of sp³-hybridized carbons (Fsp3) is 0.600. The van der Waals surface area contributed by atoms with Gasteiger partial charge in [0.25, 0.3) is 0 Å². The summed E-state index contributed by atoms with van der Waals surface area (Å²) in [5.74, 6) is -14.1. The lowest BCUT2D eigenvalue weighted by molar-refractivity contribution is -0.207. The highest BCUT2D eigenvalue weighted by atomic mass is 16.5. The number of rotatable bonds is 4. The Kier molecular flexibility index (Phi) is 7.40. The standard InChI is InChI=1S/C30H36N2O9/c1-13-15-11-8-12-16(33)18(15)23(34)19-17(13)25(41-29(39)14-9-6-4-5-7-10-14)21-22(32(2)3)24(35)20(28(31)38)27(37)30(21,40)26(19)36/h8,11-14,17,19-22,25,33,40H,4-7,9-10H2,1-3H3,(H2,31,38)/t13-,17+,19?,20?,21+,22?,25-,30-/m0/s1. The Labute approximate surface area is 237 Å². The average molecular weight is 569 g/mol. The molecule has 0 radical (unpaired) electrons. The van der Waals surface area contributed by atoms with Crippen molar-refractivity contribution in [2.24, 2.45) is 35.3 Å². The van der Waals surface area contributed by atoms with Gasteiger partial charge in [0.05, 0.1) is 29.4 Å². The molecule has 0 bridgehead atoms. The Hall–Kier alpha value is -3.44. The highest BCUT2D eigenvalue weighted by Crippen LogP contribution is 2.55. The van der Waals surface area contributed by atoms with E-state index in [0.717, 1.165) is 25.7 Å². The van der Waals surface area contributed by atoms with Crippen molar-refractivity contribution in [1.82, 2.24) is 4.90 Å². The molecular weight excluding hydrogens is 532 g/mol. The van der Waals surface area contributed by atoms with Gasteiger partial charge < -0.3 is 20.7 Å². The number of primary amides is 1. The molecular formula is C30H36N2O9. The summed E-state index contributed by atoms with van der Waals surface area (Å²) in [6.45, 7) is 1.72. The van der Waals surface area contributed by atoms with Crippen LogP contribution in [0.2, 0.25) is 0 Å².